The molecular formula is C29H38F3N3O2S. The highest BCUT2D eigenvalue weighted by molar-refractivity contribution is 7.99. The Hall–Kier alpha value is -2.39. The summed E-state index contributed by atoms with van der Waals surface area (Å²) in [6.45, 7) is 8.73. The number of nitrogens with zero attached hydrogens (tertiary/aromatic N) is 1. The van der Waals surface area contributed by atoms with Crippen LogP contribution in [0.25, 0.3) is 0 Å². The lowest BCUT2D eigenvalue weighted by Gasteiger charge is -2.35. The molecule has 0 saturated carbocycles. The minimum absolute atomic E-state index is 0.384. The number of nitrogens with one attached hydrogen (secondary N) is 2. The van der Waals surface area contributed by atoms with Gasteiger partial charge in [0.1, 0.15) is 5.60 Å². The van der Waals surface area contributed by atoms with Crippen molar-refractivity contribution in [3.05, 3.63) is 48.0 Å². The number of anilines is 2. The van der Waals surface area contributed by atoms with Gasteiger partial charge in [-0.1, -0.05) is 23.9 Å². The van der Waals surface area contributed by atoms with Gasteiger partial charge in [-0.25, -0.2) is 4.79 Å². The maximum Gasteiger partial charge on any atom is 0.416 e. The van der Waals surface area contributed by atoms with Crippen molar-refractivity contribution in [2.24, 2.45) is 11.8 Å². The monoisotopic (exact) mass is 549 g/mol. The summed E-state index contributed by atoms with van der Waals surface area (Å²) >= 11 is 1.53. The summed E-state index contributed by atoms with van der Waals surface area (Å²) in [6.07, 6.45) is 0.137. The van der Waals surface area contributed by atoms with Crippen LogP contribution in [0.15, 0.2) is 52.3 Å². The van der Waals surface area contributed by atoms with Gasteiger partial charge in [-0.15, -0.1) is 0 Å². The fourth-order valence-electron chi connectivity index (χ4n) is 5.32. The van der Waals surface area contributed by atoms with Crippen molar-refractivity contribution in [1.82, 2.24) is 10.6 Å². The number of piperidine rings is 1. The number of para-hydroxylation sites is 1. The Morgan fingerprint density at radius 3 is 2.55 bits per heavy atom. The lowest BCUT2D eigenvalue weighted by atomic mass is 9.80. The first-order valence-electron chi connectivity index (χ1n) is 13.4. The van der Waals surface area contributed by atoms with E-state index in [4.69, 9.17) is 4.74 Å². The molecule has 208 valence electrons. The number of hydrogen-bond acceptors (Lipinski definition) is 5. The van der Waals surface area contributed by atoms with Gasteiger partial charge in [-0.3, -0.25) is 0 Å². The van der Waals surface area contributed by atoms with Crippen molar-refractivity contribution >= 4 is 29.2 Å². The van der Waals surface area contributed by atoms with Crippen molar-refractivity contribution in [1.29, 1.82) is 0 Å². The fraction of sp³-hybridized carbons (Fsp3) is 0.552. The predicted octanol–water partition coefficient (Wildman–Crippen LogP) is 7.62. The van der Waals surface area contributed by atoms with E-state index in [0.717, 1.165) is 60.7 Å². The fourth-order valence-corrected chi connectivity index (χ4v) is 6.40. The number of ether oxygens (including phenoxy) is 1. The molecule has 9 heteroatoms. The summed E-state index contributed by atoms with van der Waals surface area (Å²) in [4.78, 5) is 15.9. The lowest BCUT2D eigenvalue weighted by molar-refractivity contribution is -0.137. The second kappa shape index (κ2) is 12.2. The molecule has 38 heavy (non-hydrogen) atoms. The summed E-state index contributed by atoms with van der Waals surface area (Å²) in [5.74, 6) is 1.06. The molecule has 5 nitrogen and oxygen atoms in total. The first-order valence-corrected chi connectivity index (χ1v) is 14.3. The van der Waals surface area contributed by atoms with E-state index in [1.54, 1.807) is 6.07 Å². The quantitative estimate of drug-likeness (QED) is 0.332. The van der Waals surface area contributed by atoms with E-state index < -0.39 is 17.3 Å². The largest absolute Gasteiger partial charge is 0.444 e. The number of alkyl halides is 3. The van der Waals surface area contributed by atoms with Gasteiger partial charge in [-0.2, -0.15) is 13.2 Å². The lowest BCUT2D eigenvalue weighted by Crippen LogP contribution is -2.38. The van der Waals surface area contributed by atoms with Gasteiger partial charge in [0.25, 0.3) is 0 Å². The smallest absolute Gasteiger partial charge is 0.416 e. The Morgan fingerprint density at radius 2 is 1.79 bits per heavy atom. The minimum atomic E-state index is -4.37. The maximum absolute atomic E-state index is 13.5. The molecule has 1 saturated heterocycles. The van der Waals surface area contributed by atoms with Crippen LogP contribution in [0.5, 0.6) is 0 Å². The molecule has 0 aromatic heterocycles. The van der Waals surface area contributed by atoms with Crippen LogP contribution in [0.2, 0.25) is 0 Å². The zero-order valence-corrected chi connectivity index (χ0v) is 23.2. The van der Waals surface area contributed by atoms with E-state index in [-0.39, 0.29) is 6.09 Å². The summed E-state index contributed by atoms with van der Waals surface area (Å²) in [5.41, 5.74) is 0.489. The SMILES string of the molecule is CC(C)(C)OC(=O)NCCCC1CNCCC1CCCN1c2ccccc2Sc2ccc(C(F)(F)F)cc21. The van der Waals surface area contributed by atoms with Crippen molar-refractivity contribution in [2.75, 3.05) is 31.1 Å². The Kier molecular flexibility index (Phi) is 9.19. The Balaban J connectivity index is 1.36. The summed E-state index contributed by atoms with van der Waals surface area (Å²) < 4.78 is 45.8. The maximum atomic E-state index is 13.5. The third kappa shape index (κ3) is 7.59. The summed E-state index contributed by atoms with van der Waals surface area (Å²) in [5, 5.41) is 6.34. The topological polar surface area (TPSA) is 53.6 Å². The average Bonchev–Trinajstić information content (AvgIpc) is 2.85. The molecule has 0 aliphatic carbocycles. The van der Waals surface area contributed by atoms with E-state index in [1.165, 1.54) is 23.9 Å². The van der Waals surface area contributed by atoms with Gasteiger partial charge >= 0.3 is 12.3 Å². The highest BCUT2D eigenvalue weighted by atomic mass is 32.2. The molecule has 2 N–H and O–H groups in total. The van der Waals surface area contributed by atoms with Gasteiger partial charge in [-0.05, 0) is 108 Å². The van der Waals surface area contributed by atoms with Crippen LogP contribution in [0.1, 0.15) is 58.4 Å². The van der Waals surface area contributed by atoms with Gasteiger partial charge in [0.2, 0.25) is 0 Å². The van der Waals surface area contributed by atoms with Crippen molar-refractivity contribution < 1.29 is 22.7 Å². The Bertz CT molecular complexity index is 1100. The van der Waals surface area contributed by atoms with E-state index >= 15 is 0 Å². The highest BCUT2D eigenvalue weighted by Crippen LogP contribution is 2.49. The Morgan fingerprint density at radius 1 is 1.05 bits per heavy atom. The third-order valence-corrected chi connectivity index (χ3v) is 8.22. The molecule has 1 fully saturated rings. The molecule has 4 rings (SSSR count). The standard InChI is InChI=1S/C29H38F3N3O2S/c1-28(2,3)37-27(36)34-15-6-8-21-19-33-16-14-20(21)9-7-17-35-23-10-4-5-11-25(23)38-26-13-12-22(18-24(26)35)29(30,31)32/h4-5,10-13,18,20-21,33H,6-9,14-17,19H2,1-3H3,(H,34,36). The van der Waals surface area contributed by atoms with Crippen molar-refractivity contribution in [3.8, 4) is 0 Å². The van der Waals surface area contributed by atoms with Crippen LogP contribution in [0, 0.1) is 11.8 Å². The zero-order valence-electron chi connectivity index (χ0n) is 22.4. The molecule has 2 heterocycles. The van der Waals surface area contributed by atoms with Crippen LogP contribution in [-0.2, 0) is 10.9 Å². The zero-order chi connectivity index (χ0) is 27.3. The van der Waals surface area contributed by atoms with Gasteiger partial charge in [0.05, 0.1) is 16.9 Å². The van der Waals surface area contributed by atoms with Crippen molar-refractivity contribution in [2.45, 2.75) is 74.4 Å². The second-order valence-corrected chi connectivity index (χ2v) is 12.2. The van der Waals surface area contributed by atoms with Crippen LogP contribution in [0.3, 0.4) is 0 Å². The first kappa shape index (κ1) is 28.6. The van der Waals surface area contributed by atoms with Crippen LogP contribution in [0.4, 0.5) is 29.3 Å². The number of amides is 1. The average molecular weight is 550 g/mol. The minimum Gasteiger partial charge on any atom is -0.444 e. The molecule has 2 atom stereocenters. The number of fused-ring (bicyclic) bond motifs is 2. The number of hydrogen-bond donors (Lipinski definition) is 2. The number of carbonyl (C=O) groups is 1. The van der Waals surface area contributed by atoms with E-state index in [0.29, 0.717) is 30.6 Å². The molecule has 2 aromatic carbocycles. The molecule has 1 amide bonds. The summed E-state index contributed by atoms with van der Waals surface area (Å²) in [7, 11) is 0. The van der Waals surface area contributed by atoms with E-state index in [2.05, 4.69) is 15.5 Å². The number of alkyl carbamates (subject to hydrolysis) is 1. The van der Waals surface area contributed by atoms with Crippen LogP contribution in [-0.4, -0.2) is 37.9 Å². The van der Waals surface area contributed by atoms with Crippen molar-refractivity contribution in [3.63, 3.8) is 0 Å². The molecule has 0 spiro atoms. The highest BCUT2D eigenvalue weighted by Gasteiger charge is 2.33. The van der Waals surface area contributed by atoms with E-state index in [1.807, 2.05) is 45.0 Å². The molecule has 2 aromatic rings. The van der Waals surface area contributed by atoms with Crippen LogP contribution < -0.4 is 15.5 Å². The number of rotatable bonds is 8. The van der Waals surface area contributed by atoms with E-state index in [9.17, 15) is 18.0 Å². The molecule has 0 bridgehead atoms. The molecule has 0 radical (unpaired) electrons. The van der Waals surface area contributed by atoms with Gasteiger partial charge in [0, 0.05) is 22.9 Å². The second-order valence-electron chi connectivity index (χ2n) is 11.1. The predicted molar refractivity (Wildman–Crippen MR) is 146 cm³/mol. The first-order chi connectivity index (χ1) is 18.0. The number of benzene rings is 2. The number of carbonyl (C=O) groups excluding carboxylic acids is 1. The normalized spacial score (nSPS) is 19.5. The molecule has 2 aliphatic heterocycles. The molecule has 2 aliphatic rings. The summed E-state index contributed by atoms with van der Waals surface area (Å²) in [6, 6.07) is 12.0. The number of halogens is 3. The third-order valence-electron chi connectivity index (χ3n) is 7.09. The Labute approximate surface area is 227 Å². The molecule has 2 unspecified atom stereocenters. The molecular weight excluding hydrogens is 511 g/mol. The van der Waals surface area contributed by atoms with Gasteiger partial charge < -0.3 is 20.3 Å². The van der Waals surface area contributed by atoms with Crippen LogP contribution >= 0.6 is 11.8 Å². The van der Waals surface area contributed by atoms with Gasteiger partial charge in [0.15, 0.2) is 0 Å².